The number of rotatable bonds is 8. The lowest BCUT2D eigenvalue weighted by Crippen LogP contribution is -2.66. The number of methoxy groups -OCH3 is 1. The number of carbonyl (C=O) groups is 2. The molecule has 1 saturated heterocycles. The molecule has 6 N–H and O–H groups in total. The Morgan fingerprint density at radius 3 is 2.17 bits per heavy atom. The summed E-state index contributed by atoms with van der Waals surface area (Å²) in [4.78, 5) is 27.7. The fourth-order valence-corrected chi connectivity index (χ4v) is 7.80. The third-order valence-electron chi connectivity index (χ3n) is 10.7. The number of carbonyl (C=O) groups excluding carboxylic acids is 2. The van der Waals surface area contributed by atoms with Gasteiger partial charge in [-0.3, -0.25) is 9.59 Å². The van der Waals surface area contributed by atoms with Crippen molar-refractivity contribution in [2.45, 2.75) is 106 Å². The van der Waals surface area contributed by atoms with E-state index in [0.717, 1.165) is 6.92 Å². The van der Waals surface area contributed by atoms with Crippen LogP contribution in [0.3, 0.4) is 0 Å². The molecule has 5 rings (SSSR count). The van der Waals surface area contributed by atoms with Crippen molar-refractivity contribution in [2.24, 2.45) is 39.6 Å². The number of ether oxygens (including phenoxy) is 3. The number of alkyl halides is 9. The maximum absolute atomic E-state index is 14.1. The van der Waals surface area contributed by atoms with E-state index in [-0.39, 0.29) is 23.3 Å². The molecular weight excluding hydrogens is 741 g/mol. The van der Waals surface area contributed by atoms with Gasteiger partial charge in [0.2, 0.25) is 0 Å². The summed E-state index contributed by atoms with van der Waals surface area (Å²) in [5.74, 6) is -27.7. The summed E-state index contributed by atoms with van der Waals surface area (Å²) >= 11 is 0. The fraction of sp³-hybridized carbons (Fsp3) is 0.688. The first-order valence-electron chi connectivity index (χ1n) is 16.2. The third kappa shape index (κ3) is 6.64. The standard InChI is InChI=1S/C32H36F9N3O9/c1-11-23(45)15(42)7-18(52-11)53-17-9-28(50,12(2)44-43-10-29(33,34)30(35,36)31(37,38)32(39,40)41)8-14-20(17)27(49)22-21(25(14)47)24(46)13-5-4-6-16(51-3)19(13)26(22)48/h4-6,10-11,14-15,17-18,20-23,25,27,45,47,49-50H,7-9,42H2,1-3H3/b43-10-,44-12-/t11-,14-,15-,17+,18-,20-,21-,22+,23+,25+,27+,28-/m0/s1. The molecule has 4 aliphatic rings. The summed E-state index contributed by atoms with van der Waals surface area (Å²) in [5, 5.41) is 51.5. The zero-order chi connectivity index (χ0) is 39.8. The van der Waals surface area contributed by atoms with Gasteiger partial charge < -0.3 is 40.4 Å². The molecule has 12 atom stereocenters. The zero-order valence-corrected chi connectivity index (χ0v) is 28.0. The minimum atomic E-state index is -7.19. The summed E-state index contributed by atoms with van der Waals surface area (Å²) in [6.45, 7) is 2.37. The number of nitrogens with two attached hydrogens (primary N) is 1. The van der Waals surface area contributed by atoms with Gasteiger partial charge in [-0.05, 0) is 32.3 Å². The van der Waals surface area contributed by atoms with Crippen LogP contribution in [0.15, 0.2) is 28.4 Å². The molecule has 1 aliphatic heterocycles. The topological polar surface area (TPSA) is 193 Å². The second-order valence-corrected chi connectivity index (χ2v) is 13.9. The Hall–Kier alpha value is -3.21. The molecule has 1 heterocycles. The van der Waals surface area contributed by atoms with Crippen LogP contribution in [0, 0.1) is 23.7 Å². The molecular formula is C32H36F9N3O9. The summed E-state index contributed by atoms with van der Waals surface area (Å²) in [5.41, 5.74) is 2.59. The number of hydrogen-bond donors (Lipinski definition) is 5. The Labute approximate surface area is 294 Å². The molecule has 21 heteroatoms. The Balaban J connectivity index is 1.53. The molecule has 1 aromatic carbocycles. The molecule has 3 fully saturated rings. The number of aliphatic hydroxyl groups excluding tert-OH is 3. The predicted molar refractivity (Wildman–Crippen MR) is 162 cm³/mol. The minimum Gasteiger partial charge on any atom is -0.496 e. The maximum Gasteiger partial charge on any atom is 0.460 e. The second kappa shape index (κ2) is 13.8. The number of halogens is 9. The highest BCUT2D eigenvalue weighted by molar-refractivity contribution is 6.18. The Kier molecular flexibility index (Phi) is 10.7. The van der Waals surface area contributed by atoms with Crippen molar-refractivity contribution in [3.8, 4) is 5.75 Å². The van der Waals surface area contributed by atoms with Gasteiger partial charge in [-0.15, -0.1) is 0 Å². The van der Waals surface area contributed by atoms with E-state index in [9.17, 15) is 69.5 Å². The molecule has 0 spiro atoms. The van der Waals surface area contributed by atoms with Gasteiger partial charge in [0.05, 0.1) is 60.7 Å². The average molecular weight is 778 g/mol. The van der Waals surface area contributed by atoms with Crippen LogP contribution in [-0.4, -0.2) is 123 Å². The van der Waals surface area contributed by atoms with E-state index in [4.69, 9.17) is 19.9 Å². The highest BCUT2D eigenvalue weighted by Crippen LogP contribution is 2.55. The van der Waals surface area contributed by atoms with E-state index < -0.39 is 132 Å². The van der Waals surface area contributed by atoms with Gasteiger partial charge in [0.1, 0.15) is 17.6 Å². The van der Waals surface area contributed by atoms with Crippen molar-refractivity contribution < 1.29 is 83.7 Å². The second-order valence-electron chi connectivity index (χ2n) is 13.9. The average Bonchev–Trinajstić information content (AvgIpc) is 3.06. The number of aliphatic hydroxyl groups is 4. The largest absolute Gasteiger partial charge is 0.496 e. The molecule has 0 radical (unpaired) electrons. The molecule has 3 aliphatic carbocycles. The number of Topliss-reactive ketones (excluding diaryl/α,β-unsaturated/α-hetero) is 2. The molecule has 0 amide bonds. The number of hydrogen-bond acceptors (Lipinski definition) is 12. The Morgan fingerprint density at radius 1 is 0.962 bits per heavy atom. The van der Waals surface area contributed by atoms with Crippen molar-refractivity contribution in [1.82, 2.24) is 0 Å². The van der Waals surface area contributed by atoms with Crippen LogP contribution in [0.2, 0.25) is 0 Å². The quantitative estimate of drug-likeness (QED) is 0.149. The molecule has 2 saturated carbocycles. The lowest BCUT2D eigenvalue weighted by Gasteiger charge is -2.56. The predicted octanol–water partition coefficient (Wildman–Crippen LogP) is 2.92. The van der Waals surface area contributed by atoms with Gasteiger partial charge in [0, 0.05) is 30.4 Å². The molecule has 0 bridgehead atoms. The van der Waals surface area contributed by atoms with Crippen molar-refractivity contribution in [2.75, 3.05) is 7.11 Å². The number of nitrogens with zero attached hydrogens (tertiary/aromatic N) is 2. The molecule has 296 valence electrons. The summed E-state index contributed by atoms with van der Waals surface area (Å²) < 4.78 is 137. The smallest absolute Gasteiger partial charge is 0.460 e. The van der Waals surface area contributed by atoms with Crippen LogP contribution >= 0.6 is 0 Å². The minimum absolute atomic E-state index is 0.0175. The lowest BCUT2D eigenvalue weighted by molar-refractivity contribution is -0.384. The van der Waals surface area contributed by atoms with Gasteiger partial charge in [0.15, 0.2) is 17.9 Å². The van der Waals surface area contributed by atoms with Crippen LogP contribution in [0.25, 0.3) is 0 Å². The summed E-state index contributed by atoms with van der Waals surface area (Å²) in [6, 6.07) is 3.23. The first-order chi connectivity index (χ1) is 24.3. The number of fused-ring (bicyclic) bond motifs is 3. The van der Waals surface area contributed by atoms with E-state index in [1.54, 1.807) is 0 Å². The van der Waals surface area contributed by atoms with Crippen LogP contribution < -0.4 is 10.5 Å². The van der Waals surface area contributed by atoms with Crippen molar-refractivity contribution in [3.63, 3.8) is 0 Å². The van der Waals surface area contributed by atoms with Crippen LogP contribution in [0.5, 0.6) is 5.75 Å². The molecule has 1 aromatic rings. The van der Waals surface area contributed by atoms with Crippen molar-refractivity contribution >= 4 is 23.5 Å². The van der Waals surface area contributed by atoms with Crippen molar-refractivity contribution in [1.29, 1.82) is 0 Å². The molecule has 0 aromatic heterocycles. The Bertz CT molecular complexity index is 1650. The molecule has 12 nitrogen and oxygen atoms in total. The number of ketones is 2. The summed E-state index contributed by atoms with van der Waals surface area (Å²) in [7, 11) is 1.25. The van der Waals surface area contributed by atoms with Gasteiger partial charge >= 0.3 is 23.9 Å². The summed E-state index contributed by atoms with van der Waals surface area (Å²) in [6.07, 6.45) is -18.2. The van der Waals surface area contributed by atoms with Crippen LogP contribution in [0.4, 0.5) is 39.5 Å². The lowest BCUT2D eigenvalue weighted by atomic mass is 9.52. The van der Waals surface area contributed by atoms with E-state index in [1.165, 1.54) is 32.2 Å². The van der Waals surface area contributed by atoms with Gasteiger partial charge in [0.25, 0.3) is 0 Å². The third-order valence-corrected chi connectivity index (χ3v) is 10.7. The van der Waals surface area contributed by atoms with Crippen molar-refractivity contribution in [3.05, 3.63) is 29.3 Å². The normalized spacial score (nSPS) is 37.3. The van der Waals surface area contributed by atoms with Crippen LogP contribution in [-0.2, 0) is 9.47 Å². The van der Waals surface area contributed by atoms with E-state index in [0.29, 0.717) is 0 Å². The SMILES string of the molecule is COc1cccc2c1C(=O)[C@@H]1[C@H](O)[C@H]3[C@H](C[C@@](O)(/C(C)=N\N=C/C(F)(F)C(F)(F)C(F)(F)C(F)(F)F)C[C@H]3O[C@H]3C[C@H](N)[C@H](O)[C@H](C)O3)[C@@H](O)[C@@H]1C2=O. The van der Waals surface area contributed by atoms with Gasteiger partial charge in [-0.25, -0.2) is 0 Å². The fourth-order valence-electron chi connectivity index (χ4n) is 7.80. The molecule has 53 heavy (non-hydrogen) atoms. The van der Waals surface area contributed by atoms with E-state index in [2.05, 4.69) is 10.2 Å². The maximum atomic E-state index is 14.1. The monoisotopic (exact) mass is 777 g/mol. The van der Waals surface area contributed by atoms with Crippen LogP contribution in [0.1, 0.15) is 53.8 Å². The number of benzene rings is 1. The molecule has 0 unspecified atom stereocenters. The van der Waals surface area contributed by atoms with Gasteiger partial charge in [-0.1, -0.05) is 12.1 Å². The zero-order valence-electron chi connectivity index (χ0n) is 28.0. The highest BCUT2D eigenvalue weighted by Gasteiger charge is 2.81. The van der Waals surface area contributed by atoms with E-state index in [1.807, 2.05) is 0 Å². The highest BCUT2D eigenvalue weighted by atomic mass is 19.4. The first-order valence-corrected chi connectivity index (χ1v) is 16.2. The first kappa shape index (κ1) is 41.0. The van der Waals surface area contributed by atoms with E-state index >= 15 is 0 Å². The van der Waals surface area contributed by atoms with Gasteiger partial charge in [-0.2, -0.15) is 49.7 Å². The Morgan fingerprint density at radius 2 is 1.58 bits per heavy atom.